The molecule has 1 N–H and O–H groups in total. The SMILES string of the molecule is COc1cc(C2SCC(=O)N2CC(=O)NCC(=O)OCc2ccccc2)ccc1OCc1ccccc1. The molecule has 8 nitrogen and oxygen atoms in total. The number of rotatable bonds is 11. The van der Waals surface area contributed by atoms with Crippen LogP contribution in [0.25, 0.3) is 0 Å². The highest BCUT2D eigenvalue weighted by molar-refractivity contribution is 8.00. The maximum atomic E-state index is 12.5. The topological polar surface area (TPSA) is 94.2 Å². The maximum absolute atomic E-state index is 12.5. The summed E-state index contributed by atoms with van der Waals surface area (Å²) in [5, 5.41) is 2.18. The van der Waals surface area contributed by atoms with Gasteiger partial charge in [-0.15, -0.1) is 11.8 Å². The van der Waals surface area contributed by atoms with E-state index in [-0.39, 0.29) is 36.7 Å². The van der Waals surface area contributed by atoms with E-state index in [9.17, 15) is 14.4 Å². The molecule has 3 aromatic rings. The first-order chi connectivity index (χ1) is 18.0. The quantitative estimate of drug-likeness (QED) is 0.385. The molecule has 1 heterocycles. The van der Waals surface area contributed by atoms with Gasteiger partial charge in [0.2, 0.25) is 11.8 Å². The van der Waals surface area contributed by atoms with Crippen LogP contribution in [0.2, 0.25) is 0 Å². The predicted octanol–water partition coefficient (Wildman–Crippen LogP) is 3.71. The minimum absolute atomic E-state index is 0.131. The lowest BCUT2D eigenvalue weighted by atomic mass is 10.1. The molecule has 1 fully saturated rings. The molecule has 1 aliphatic rings. The van der Waals surface area contributed by atoms with Crippen LogP contribution in [0, 0.1) is 0 Å². The van der Waals surface area contributed by atoms with E-state index in [0.29, 0.717) is 18.1 Å². The van der Waals surface area contributed by atoms with Crippen molar-refractivity contribution in [3.8, 4) is 11.5 Å². The van der Waals surface area contributed by atoms with Crippen molar-refractivity contribution in [2.24, 2.45) is 0 Å². The molecule has 1 atom stereocenters. The lowest BCUT2D eigenvalue weighted by Gasteiger charge is -2.24. The van der Waals surface area contributed by atoms with Gasteiger partial charge in [0.25, 0.3) is 0 Å². The highest BCUT2D eigenvalue weighted by Gasteiger charge is 2.34. The predicted molar refractivity (Wildman–Crippen MR) is 140 cm³/mol. The van der Waals surface area contributed by atoms with Crippen molar-refractivity contribution in [2.45, 2.75) is 18.6 Å². The number of carbonyl (C=O) groups excluding carboxylic acids is 3. The molecule has 4 rings (SSSR count). The number of nitrogens with one attached hydrogen (secondary N) is 1. The molecule has 192 valence electrons. The van der Waals surface area contributed by atoms with Gasteiger partial charge in [-0.3, -0.25) is 14.4 Å². The number of ether oxygens (including phenoxy) is 3. The van der Waals surface area contributed by atoms with Gasteiger partial charge in [-0.25, -0.2) is 0 Å². The lowest BCUT2D eigenvalue weighted by Crippen LogP contribution is -2.41. The summed E-state index contributed by atoms with van der Waals surface area (Å²) in [7, 11) is 1.56. The molecule has 0 bridgehead atoms. The van der Waals surface area contributed by atoms with Crippen LogP contribution >= 0.6 is 11.8 Å². The molecule has 0 radical (unpaired) electrons. The number of thioether (sulfide) groups is 1. The van der Waals surface area contributed by atoms with Crippen molar-refractivity contribution < 1.29 is 28.6 Å². The van der Waals surface area contributed by atoms with Gasteiger partial charge in [0.1, 0.15) is 31.7 Å². The Morgan fingerprint density at radius 1 is 0.946 bits per heavy atom. The van der Waals surface area contributed by atoms with Crippen molar-refractivity contribution >= 4 is 29.5 Å². The molecule has 3 aromatic carbocycles. The third kappa shape index (κ3) is 7.27. The summed E-state index contributed by atoms with van der Waals surface area (Å²) in [6, 6.07) is 24.6. The third-order valence-electron chi connectivity index (χ3n) is 5.66. The molecule has 2 amide bonds. The van der Waals surface area contributed by atoms with Gasteiger partial charge >= 0.3 is 5.97 Å². The van der Waals surface area contributed by atoms with Crippen molar-refractivity contribution in [2.75, 3.05) is 26.0 Å². The number of esters is 1. The number of hydrogen-bond acceptors (Lipinski definition) is 7. The summed E-state index contributed by atoms with van der Waals surface area (Å²) in [5.74, 6) is 0.242. The average Bonchev–Trinajstić information content (AvgIpc) is 3.30. The van der Waals surface area contributed by atoms with E-state index in [1.165, 1.54) is 16.7 Å². The Labute approximate surface area is 219 Å². The van der Waals surface area contributed by atoms with Crippen LogP contribution in [0.3, 0.4) is 0 Å². The van der Waals surface area contributed by atoms with Gasteiger partial charge in [-0.2, -0.15) is 0 Å². The van der Waals surface area contributed by atoms with Crippen LogP contribution < -0.4 is 14.8 Å². The van der Waals surface area contributed by atoms with E-state index in [4.69, 9.17) is 14.2 Å². The summed E-state index contributed by atoms with van der Waals surface area (Å²) >= 11 is 1.43. The number of hydrogen-bond donors (Lipinski definition) is 1. The van der Waals surface area contributed by atoms with Crippen LogP contribution in [0.5, 0.6) is 11.5 Å². The highest BCUT2D eigenvalue weighted by Crippen LogP contribution is 2.41. The number of carbonyl (C=O) groups is 3. The van der Waals surface area contributed by atoms with Gasteiger partial charge in [-0.1, -0.05) is 66.7 Å². The Balaban J connectivity index is 1.32. The summed E-state index contributed by atoms with van der Waals surface area (Å²) in [6.45, 7) is 0.0862. The Bertz CT molecular complexity index is 1220. The minimum Gasteiger partial charge on any atom is -0.493 e. The first-order valence-corrected chi connectivity index (χ1v) is 12.8. The van der Waals surface area contributed by atoms with E-state index < -0.39 is 11.9 Å². The van der Waals surface area contributed by atoms with Crippen LogP contribution in [0.15, 0.2) is 78.9 Å². The minimum atomic E-state index is -0.549. The number of amides is 2. The van der Waals surface area contributed by atoms with Gasteiger partial charge in [0.05, 0.1) is 12.9 Å². The van der Waals surface area contributed by atoms with Crippen molar-refractivity contribution in [3.05, 3.63) is 95.6 Å². The van der Waals surface area contributed by atoms with Crippen LogP contribution in [-0.4, -0.2) is 48.6 Å². The molecule has 1 unspecified atom stereocenters. The lowest BCUT2D eigenvalue weighted by molar-refractivity contribution is -0.145. The standard InChI is InChI=1S/C28H28N2O6S/c1-34-24-14-22(12-13-23(24)35-17-20-8-4-2-5-9-20)28-30(26(32)19-37-28)16-25(31)29-15-27(33)36-18-21-10-6-3-7-11-21/h2-14,28H,15-19H2,1H3,(H,29,31). The Hall–Kier alpha value is -3.98. The molecule has 0 aliphatic carbocycles. The smallest absolute Gasteiger partial charge is 0.325 e. The van der Waals surface area contributed by atoms with Crippen molar-refractivity contribution in [3.63, 3.8) is 0 Å². The third-order valence-corrected chi connectivity index (χ3v) is 6.92. The maximum Gasteiger partial charge on any atom is 0.325 e. The second-order valence-corrected chi connectivity index (χ2v) is 9.36. The average molecular weight is 521 g/mol. The van der Waals surface area contributed by atoms with E-state index >= 15 is 0 Å². The highest BCUT2D eigenvalue weighted by atomic mass is 32.2. The number of methoxy groups -OCH3 is 1. The zero-order chi connectivity index (χ0) is 26.0. The van der Waals surface area contributed by atoms with E-state index in [2.05, 4.69) is 5.32 Å². The van der Waals surface area contributed by atoms with E-state index in [0.717, 1.165) is 16.7 Å². The number of nitrogens with zero attached hydrogens (tertiary/aromatic N) is 1. The molecule has 1 saturated heterocycles. The summed E-state index contributed by atoms with van der Waals surface area (Å²) in [6.07, 6.45) is 0. The van der Waals surface area contributed by atoms with E-state index in [1.54, 1.807) is 7.11 Å². The fraction of sp³-hybridized carbons (Fsp3) is 0.250. The summed E-state index contributed by atoms with van der Waals surface area (Å²) in [4.78, 5) is 38.6. The Kier molecular flexibility index (Phi) is 9.04. The fourth-order valence-corrected chi connectivity index (χ4v) is 4.94. The van der Waals surface area contributed by atoms with Crippen molar-refractivity contribution in [1.29, 1.82) is 0 Å². The zero-order valence-corrected chi connectivity index (χ0v) is 21.2. The molecule has 9 heteroatoms. The molecular formula is C28H28N2O6S. The van der Waals surface area contributed by atoms with Gasteiger partial charge < -0.3 is 24.4 Å². The molecule has 0 spiro atoms. The fourth-order valence-electron chi connectivity index (χ4n) is 3.76. The van der Waals surface area contributed by atoms with Gasteiger partial charge in [0.15, 0.2) is 11.5 Å². The molecule has 0 aromatic heterocycles. The van der Waals surface area contributed by atoms with Gasteiger partial charge in [-0.05, 0) is 28.8 Å². The monoisotopic (exact) mass is 520 g/mol. The second kappa shape index (κ2) is 12.8. The van der Waals surface area contributed by atoms with Crippen molar-refractivity contribution in [1.82, 2.24) is 10.2 Å². The number of benzene rings is 3. The molecule has 1 aliphatic heterocycles. The van der Waals surface area contributed by atoms with E-state index in [1.807, 2.05) is 78.9 Å². The van der Waals surface area contributed by atoms with Gasteiger partial charge in [0, 0.05) is 0 Å². The summed E-state index contributed by atoms with van der Waals surface area (Å²) in [5.41, 5.74) is 2.71. The van der Waals surface area contributed by atoms with Crippen LogP contribution in [0.4, 0.5) is 0 Å². The van der Waals surface area contributed by atoms with Crippen LogP contribution in [-0.2, 0) is 32.3 Å². The molecular weight excluding hydrogens is 492 g/mol. The van der Waals surface area contributed by atoms with Crippen LogP contribution in [0.1, 0.15) is 22.1 Å². The second-order valence-electron chi connectivity index (χ2n) is 8.29. The first-order valence-electron chi connectivity index (χ1n) is 11.8. The first kappa shape index (κ1) is 26.1. The normalized spacial score (nSPS) is 14.8. The Morgan fingerprint density at radius 2 is 1.62 bits per heavy atom. The Morgan fingerprint density at radius 3 is 2.30 bits per heavy atom. The zero-order valence-electron chi connectivity index (χ0n) is 20.4. The molecule has 0 saturated carbocycles. The molecule has 37 heavy (non-hydrogen) atoms. The summed E-state index contributed by atoms with van der Waals surface area (Å²) < 4.78 is 16.6. The largest absolute Gasteiger partial charge is 0.493 e.